The molecule has 2 amide bonds. The Balaban J connectivity index is 1.94. The van der Waals surface area contributed by atoms with Gasteiger partial charge in [0.1, 0.15) is 0 Å². The van der Waals surface area contributed by atoms with Crippen LogP contribution in [0.2, 0.25) is 0 Å². The molecular weight excluding hydrogens is 308 g/mol. The van der Waals surface area contributed by atoms with Gasteiger partial charge in [-0.15, -0.1) is 0 Å². The lowest BCUT2D eigenvalue weighted by Crippen LogP contribution is -2.45. The van der Waals surface area contributed by atoms with E-state index < -0.39 is 12.0 Å². The Labute approximate surface area is 139 Å². The third-order valence-corrected chi connectivity index (χ3v) is 3.76. The molecule has 0 saturated heterocycles. The Hall–Kier alpha value is -3.09. The van der Waals surface area contributed by atoms with Crippen molar-refractivity contribution >= 4 is 12.0 Å². The first-order valence-corrected chi connectivity index (χ1v) is 7.65. The van der Waals surface area contributed by atoms with Crippen molar-refractivity contribution in [1.29, 1.82) is 0 Å². The molecule has 7 heteroatoms. The fraction of sp³-hybridized carbons (Fsp3) is 0.235. The maximum Gasteiger partial charge on any atom is 0.338 e. The molecule has 2 aromatic rings. The highest BCUT2D eigenvalue weighted by Crippen LogP contribution is 2.28. The number of benzene rings is 1. The standard InChI is InChI=1S/C17H18N4O3/c1-3-24-16(22)14-11(2)19-17(23)20-15(14)12-5-7-13(8-6-12)21-10-4-9-18-21/h4-10,15H,3H2,1-2H3,(H2,19,20,23). The minimum Gasteiger partial charge on any atom is -0.463 e. The van der Waals surface area contributed by atoms with E-state index in [9.17, 15) is 9.59 Å². The van der Waals surface area contributed by atoms with Crippen LogP contribution in [-0.4, -0.2) is 28.4 Å². The van der Waals surface area contributed by atoms with Crippen LogP contribution in [0.15, 0.2) is 54.0 Å². The molecule has 0 bridgehead atoms. The number of esters is 1. The Bertz CT molecular complexity index is 779. The van der Waals surface area contributed by atoms with E-state index in [1.54, 1.807) is 24.7 Å². The normalized spacial score (nSPS) is 17.2. The van der Waals surface area contributed by atoms with Gasteiger partial charge in [-0.25, -0.2) is 14.3 Å². The van der Waals surface area contributed by atoms with Gasteiger partial charge >= 0.3 is 12.0 Å². The zero-order valence-corrected chi connectivity index (χ0v) is 13.4. The van der Waals surface area contributed by atoms with E-state index >= 15 is 0 Å². The second kappa shape index (κ2) is 6.57. The summed E-state index contributed by atoms with van der Waals surface area (Å²) < 4.78 is 6.85. The summed E-state index contributed by atoms with van der Waals surface area (Å²) in [5.41, 5.74) is 2.59. The molecule has 24 heavy (non-hydrogen) atoms. The molecular formula is C17H18N4O3. The molecule has 2 heterocycles. The van der Waals surface area contributed by atoms with E-state index in [0.717, 1.165) is 11.3 Å². The largest absolute Gasteiger partial charge is 0.463 e. The van der Waals surface area contributed by atoms with E-state index in [4.69, 9.17) is 4.74 Å². The van der Waals surface area contributed by atoms with Gasteiger partial charge in [-0.3, -0.25) is 0 Å². The fourth-order valence-corrected chi connectivity index (χ4v) is 2.66. The summed E-state index contributed by atoms with van der Waals surface area (Å²) in [7, 11) is 0. The molecule has 1 aromatic carbocycles. The molecule has 0 saturated carbocycles. The number of ether oxygens (including phenoxy) is 1. The number of rotatable bonds is 4. The minimum atomic E-state index is -0.551. The molecule has 0 fully saturated rings. The van der Waals surface area contributed by atoms with E-state index in [1.807, 2.05) is 36.5 Å². The number of amides is 2. The molecule has 0 aliphatic carbocycles. The van der Waals surface area contributed by atoms with Crippen molar-refractivity contribution in [2.45, 2.75) is 19.9 Å². The highest BCUT2D eigenvalue weighted by atomic mass is 16.5. The van der Waals surface area contributed by atoms with Crippen molar-refractivity contribution in [2.75, 3.05) is 6.61 Å². The smallest absolute Gasteiger partial charge is 0.338 e. The molecule has 3 rings (SSSR count). The average molecular weight is 326 g/mol. The fourth-order valence-electron chi connectivity index (χ4n) is 2.66. The zero-order valence-electron chi connectivity index (χ0n) is 13.4. The SMILES string of the molecule is CCOC(=O)C1=C(C)NC(=O)NC1c1ccc(-n2cccn2)cc1. The lowest BCUT2D eigenvalue weighted by molar-refractivity contribution is -0.139. The monoisotopic (exact) mass is 326 g/mol. The van der Waals surface area contributed by atoms with Crippen LogP contribution in [0.3, 0.4) is 0 Å². The van der Waals surface area contributed by atoms with Crippen LogP contribution in [0.1, 0.15) is 25.5 Å². The zero-order chi connectivity index (χ0) is 17.1. The van der Waals surface area contributed by atoms with Crippen LogP contribution in [-0.2, 0) is 9.53 Å². The molecule has 7 nitrogen and oxygen atoms in total. The summed E-state index contributed by atoms with van der Waals surface area (Å²) in [6.45, 7) is 3.71. The summed E-state index contributed by atoms with van der Waals surface area (Å²) >= 11 is 0. The number of carbonyl (C=O) groups is 2. The van der Waals surface area contributed by atoms with Crippen molar-refractivity contribution < 1.29 is 14.3 Å². The Kier molecular flexibility index (Phi) is 4.33. The Morgan fingerprint density at radius 1 is 1.33 bits per heavy atom. The first-order chi connectivity index (χ1) is 11.6. The van der Waals surface area contributed by atoms with Crippen molar-refractivity contribution in [3.05, 3.63) is 59.6 Å². The molecule has 124 valence electrons. The maximum absolute atomic E-state index is 12.3. The Morgan fingerprint density at radius 3 is 2.71 bits per heavy atom. The molecule has 1 aromatic heterocycles. The van der Waals surface area contributed by atoms with E-state index in [2.05, 4.69) is 15.7 Å². The van der Waals surface area contributed by atoms with Crippen LogP contribution in [0, 0.1) is 0 Å². The molecule has 1 aliphatic heterocycles. The minimum absolute atomic E-state index is 0.272. The van der Waals surface area contributed by atoms with Crippen molar-refractivity contribution in [3.8, 4) is 5.69 Å². The van der Waals surface area contributed by atoms with E-state index in [-0.39, 0.29) is 12.6 Å². The number of nitrogens with zero attached hydrogens (tertiary/aromatic N) is 2. The molecule has 1 atom stereocenters. The van der Waals surface area contributed by atoms with Gasteiger partial charge in [0.15, 0.2) is 0 Å². The number of hydrogen-bond donors (Lipinski definition) is 2. The van der Waals surface area contributed by atoms with Gasteiger partial charge in [-0.05, 0) is 37.6 Å². The van der Waals surface area contributed by atoms with Crippen LogP contribution >= 0.6 is 0 Å². The van der Waals surface area contributed by atoms with Gasteiger partial charge < -0.3 is 15.4 Å². The van der Waals surface area contributed by atoms with Crippen molar-refractivity contribution in [3.63, 3.8) is 0 Å². The van der Waals surface area contributed by atoms with Crippen molar-refractivity contribution in [2.24, 2.45) is 0 Å². The third-order valence-electron chi connectivity index (χ3n) is 3.76. The second-order valence-corrected chi connectivity index (χ2v) is 5.33. The number of nitrogens with one attached hydrogen (secondary N) is 2. The predicted octanol–water partition coefficient (Wildman–Crippen LogP) is 2.06. The third kappa shape index (κ3) is 3.01. The number of carbonyl (C=O) groups excluding carboxylic acids is 2. The first-order valence-electron chi connectivity index (χ1n) is 7.65. The quantitative estimate of drug-likeness (QED) is 0.842. The highest BCUT2D eigenvalue weighted by molar-refractivity contribution is 5.95. The van der Waals surface area contributed by atoms with Gasteiger partial charge in [0.05, 0.1) is 23.9 Å². The van der Waals surface area contributed by atoms with Crippen LogP contribution in [0.25, 0.3) is 5.69 Å². The number of hydrogen-bond acceptors (Lipinski definition) is 4. The average Bonchev–Trinajstić information content (AvgIpc) is 3.09. The summed E-state index contributed by atoms with van der Waals surface area (Å²) in [6, 6.07) is 8.43. The number of aromatic nitrogens is 2. The summed E-state index contributed by atoms with van der Waals surface area (Å²) in [5.74, 6) is -0.441. The maximum atomic E-state index is 12.3. The summed E-state index contributed by atoms with van der Waals surface area (Å²) in [6.07, 6.45) is 3.54. The second-order valence-electron chi connectivity index (χ2n) is 5.33. The Morgan fingerprint density at radius 2 is 2.08 bits per heavy atom. The van der Waals surface area contributed by atoms with Gasteiger partial charge in [-0.1, -0.05) is 12.1 Å². The van der Waals surface area contributed by atoms with Gasteiger partial charge in [0.2, 0.25) is 0 Å². The number of urea groups is 1. The lowest BCUT2D eigenvalue weighted by atomic mass is 9.95. The van der Waals surface area contributed by atoms with Crippen LogP contribution in [0.5, 0.6) is 0 Å². The lowest BCUT2D eigenvalue weighted by Gasteiger charge is -2.28. The molecule has 0 radical (unpaired) electrons. The van der Waals surface area contributed by atoms with E-state index in [1.165, 1.54) is 0 Å². The predicted molar refractivity (Wildman–Crippen MR) is 87.3 cm³/mol. The highest BCUT2D eigenvalue weighted by Gasteiger charge is 2.31. The van der Waals surface area contributed by atoms with Crippen LogP contribution in [0.4, 0.5) is 4.79 Å². The summed E-state index contributed by atoms with van der Waals surface area (Å²) in [5, 5.41) is 9.57. The van der Waals surface area contributed by atoms with Crippen molar-refractivity contribution in [1.82, 2.24) is 20.4 Å². The van der Waals surface area contributed by atoms with Crippen LogP contribution < -0.4 is 10.6 Å². The molecule has 0 spiro atoms. The van der Waals surface area contributed by atoms with E-state index in [0.29, 0.717) is 11.3 Å². The molecule has 1 unspecified atom stereocenters. The molecule has 2 N–H and O–H groups in total. The van der Waals surface area contributed by atoms with Gasteiger partial charge in [-0.2, -0.15) is 5.10 Å². The summed E-state index contributed by atoms with van der Waals surface area (Å²) in [4.78, 5) is 24.1. The first kappa shape index (κ1) is 15.8. The topological polar surface area (TPSA) is 85.2 Å². The van der Waals surface area contributed by atoms with Gasteiger partial charge in [0, 0.05) is 18.1 Å². The van der Waals surface area contributed by atoms with Gasteiger partial charge in [0.25, 0.3) is 0 Å². The number of allylic oxidation sites excluding steroid dienone is 1. The molecule has 1 aliphatic rings.